The topological polar surface area (TPSA) is 60.2 Å². The van der Waals surface area contributed by atoms with Gasteiger partial charge in [-0.1, -0.05) is 42.5 Å². The number of hydrogen-bond donors (Lipinski definition) is 0. The number of carbonyl (C=O) groups excluding carboxylic acids is 1. The summed E-state index contributed by atoms with van der Waals surface area (Å²) >= 11 is 1.62. The van der Waals surface area contributed by atoms with E-state index in [2.05, 4.69) is 10.2 Å². The minimum absolute atomic E-state index is 0.175. The summed E-state index contributed by atoms with van der Waals surface area (Å²) in [6, 6.07) is 21.3. The number of nitrogens with zero attached hydrogens (tertiary/aromatic N) is 4. The highest BCUT2D eigenvalue weighted by molar-refractivity contribution is 7.09. The third-order valence-electron chi connectivity index (χ3n) is 4.47. The van der Waals surface area contributed by atoms with Gasteiger partial charge >= 0.3 is 0 Å². The van der Waals surface area contributed by atoms with E-state index in [4.69, 9.17) is 4.74 Å². The van der Waals surface area contributed by atoms with Crippen LogP contribution in [0, 0.1) is 0 Å². The molecule has 2 aromatic heterocycles. The minimum atomic E-state index is -0.175. The lowest BCUT2D eigenvalue weighted by molar-refractivity contribution is 0.0724. The SMILES string of the molecule is COc1ccccc1CN(Cc1cccs1)C(=O)c1cnn(-c2ccccc2)n1. The average molecular weight is 404 g/mol. The smallest absolute Gasteiger partial charge is 0.276 e. The molecule has 0 atom stereocenters. The van der Waals surface area contributed by atoms with Gasteiger partial charge in [0.25, 0.3) is 5.91 Å². The quantitative estimate of drug-likeness (QED) is 0.464. The number of carbonyl (C=O) groups is 1. The lowest BCUT2D eigenvalue weighted by atomic mass is 10.1. The molecule has 0 aliphatic carbocycles. The number of para-hydroxylation sites is 2. The van der Waals surface area contributed by atoms with Gasteiger partial charge in [0.1, 0.15) is 5.75 Å². The fourth-order valence-electron chi connectivity index (χ4n) is 3.04. The third kappa shape index (κ3) is 4.35. The molecule has 0 aliphatic rings. The lowest BCUT2D eigenvalue weighted by Crippen LogP contribution is -2.30. The number of amides is 1. The van der Waals surface area contributed by atoms with Crippen molar-refractivity contribution in [2.24, 2.45) is 0 Å². The van der Waals surface area contributed by atoms with E-state index in [1.807, 2.05) is 72.1 Å². The van der Waals surface area contributed by atoms with E-state index in [0.29, 0.717) is 18.8 Å². The van der Waals surface area contributed by atoms with Crippen molar-refractivity contribution in [1.82, 2.24) is 19.9 Å². The molecule has 0 bridgehead atoms. The first-order valence-electron chi connectivity index (χ1n) is 9.16. The number of thiophene rings is 1. The molecule has 6 nitrogen and oxygen atoms in total. The number of hydrogen-bond acceptors (Lipinski definition) is 5. The molecule has 0 spiro atoms. The molecule has 7 heteroatoms. The molecule has 0 saturated heterocycles. The van der Waals surface area contributed by atoms with Crippen LogP contribution < -0.4 is 4.74 Å². The van der Waals surface area contributed by atoms with Crippen molar-refractivity contribution in [1.29, 1.82) is 0 Å². The summed E-state index contributed by atoms with van der Waals surface area (Å²) in [5.74, 6) is 0.580. The molecule has 2 heterocycles. The molecule has 4 rings (SSSR count). The van der Waals surface area contributed by atoms with Gasteiger partial charge in [-0.25, -0.2) is 0 Å². The largest absolute Gasteiger partial charge is 0.496 e. The van der Waals surface area contributed by atoms with Crippen molar-refractivity contribution in [2.75, 3.05) is 7.11 Å². The zero-order valence-corrected chi connectivity index (χ0v) is 16.7. The van der Waals surface area contributed by atoms with Crippen molar-refractivity contribution in [2.45, 2.75) is 13.1 Å². The maximum atomic E-state index is 13.3. The summed E-state index contributed by atoms with van der Waals surface area (Å²) in [5, 5.41) is 10.7. The van der Waals surface area contributed by atoms with E-state index in [0.717, 1.165) is 21.9 Å². The van der Waals surface area contributed by atoms with Crippen LogP contribution in [-0.4, -0.2) is 32.9 Å². The van der Waals surface area contributed by atoms with Gasteiger partial charge in [0.05, 0.1) is 32.1 Å². The maximum Gasteiger partial charge on any atom is 0.276 e. The van der Waals surface area contributed by atoms with Crippen molar-refractivity contribution >= 4 is 17.2 Å². The van der Waals surface area contributed by atoms with Crippen LogP contribution >= 0.6 is 11.3 Å². The Morgan fingerprint density at radius 1 is 1.03 bits per heavy atom. The summed E-state index contributed by atoms with van der Waals surface area (Å²) in [6.45, 7) is 0.908. The van der Waals surface area contributed by atoms with Gasteiger partial charge < -0.3 is 9.64 Å². The van der Waals surface area contributed by atoms with E-state index in [1.54, 1.807) is 23.3 Å². The van der Waals surface area contributed by atoms with Crippen molar-refractivity contribution in [3.63, 3.8) is 0 Å². The number of ether oxygens (including phenoxy) is 1. The molecule has 0 radical (unpaired) electrons. The highest BCUT2D eigenvalue weighted by atomic mass is 32.1. The number of aromatic nitrogens is 3. The standard InChI is InChI=1S/C22H20N4O2S/c1-28-21-12-6-5-8-17(21)15-25(16-19-11-7-13-29-19)22(27)20-14-23-26(24-20)18-9-3-2-4-10-18/h2-14H,15-16H2,1H3. The number of rotatable bonds is 7. The zero-order valence-electron chi connectivity index (χ0n) is 15.9. The summed E-state index contributed by atoms with van der Waals surface area (Å²) in [6.07, 6.45) is 1.51. The first-order chi connectivity index (χ1) is 14.2. The first kappa shape index (κ1) is 18.9. The highest BCUT2D eigenvalue weighted by Gasteiger charge is 2.21. The Balaban J connectivity index is 1.62. The van der Waals surface area contributed by atoms with Gasteiger partial charge in [-0.3, -0.25) is 4.79 Å². The molecule has 0 aliphatic heterocycles. The second-order valence-electron chi connectivity index (χ2n) is 6.41. The Bertz CT molecular complexity index is 1080. The van der Waals surface area contributed by atoms with Crippen LogP contribution in [0.5, 0.6) is 5.75 Å². The maximum absolute atomic E-state index is 13.3. The van der Waals surface area contributed by atoms with E-state index in [9.17, 15) is 4.79 Å². The molecule has 4 aromatic rings. The fraction of sp³-hybridized carbons (Fsp3) is 0.136. The first-order valence-corrected chi connectivity index (χ1v) is 10.0. The van der Waals surface area contributed by atoms with Crippen LogP contribution in [-0.2, 0) is 13.1 Å². The molecule has 1 amide bonds. The highest BCUT2D eigenvalue weighted by Crippen LogP contribution is 2.22. The Morgan fingerprint density at radius 2 is 1.83 bits per heavy atom. The van der Waals surface area contributed by atoms with E-state index >= 15 is 0 Å². The Labute approximate surface area is 173 Å². The second-order valence-corrected chi connectivity index (χ2v) is 7.44. The second kappa shape index (κ2) is 8.70. The van der Waals surface area contributed by atoms with Crippen LogP contribution in [0.4, 0.5) is 0 Å². The van der Waals surface area contributed by atoms with Crippen molar-refractivity contribution in [3.8, 4) is 11.4 Å². The van der Waals surface area contributed by atoms with Crippen LogP contribution in [0.3, 0.4) is 0 Å². The fourth-order valence-corrected chi connectivity index (χ4v) is 3.76. The zero-order chi connectivity index (χ0) is 20.1. The normalized spacial score (nSPS) is 10.7. The average Bonchev–Trinajstić information content (AvgIpc) is 3.46. The van der Waals surface area contributed by atoms with E-state index in [-0.39, 0.29) is 5.91 Å². The van der Waals surface area contributed by atoms with Crippen molar-refractivity contribution in [3.05, 3.63) is 94.4 Å². The van der Waals surface area contributed by atoms with Gasteiger partial charge in [0.2, 0.25) is 0 Å². The molecule has 2 aromatic carbocycles. The Hall–Kier alpha value is -3.45. The Kier molecular flexibility index (Phi) is 5.67. The van der Waals surface area contributed by atoms with Crippen LogP contribution in [0.25, 0.3) is 5.69 Å². The molecular weight excluding hydrogens is 384 g/mol. The van der Waals surface area contributed by atoms with Gasteiger partial charge in [0, 0.05) is 10.4 Å². The third-order valence-corrected chi connectivity index (χ3v) is 5.33. The summed E-state index contributed by atoms with van der Waals surface area (Å²) in [7, 11) is 1.63. The van der Waals surface area contributed by atoms with Crippen LogP contribution in [0.1, 0.15) is 20.9 Å². The summed E-state index contributed by atoms with van der Waals surface area (Å²) in [5.41, 5.74) is 2.05. The predicted molar refractivity (Wildman–Crippen MR) is 112 cm³/mol. The number of methoxy groups -OCH3 is 1. The molecule has 0 fully saturated rings. The molecule has 0 unspecified atom stereocenters. The van der Waals surface area contributed by atoms with Gasteiger partial charge in [-0.05, 0) is 29.6 Å². The molecule has 29 heavy (non-hydrogen) atoms. The monoisotopic (exact) mass is 404 g/mol. The predicted octanol–water partition coefficient (Wildman–Crippen LogP) is 4.18. The van der Waals surface area contributed by atoms with Gasteiger partial charge in [0.15, 0.2) is 5.69 Å². The van der Waals surface area contributed by atoms with Gasteiger partial charge in [-0.15, -0.1) is 16.4 Å². The minimum Gasteiger partial charge on any atom is -0.496 e. The lowest BCUT2D eigenvalue weighted by Gasteiger charge is -2.22. The van der Waals surface area contributed by atoms with E-state index in [1.165, 1.54) is 11.0 Å². The molecule has 0 saturated carbocycles. The van der Waals surface area contributed by atoms with Crippen LogP contribution in [0.2, 0.25) is 0 Å². The van der Waals surface area contributed by atoms with Gasteiger partial charge in [-0.2, -0.15) is 9.90 Å². The van der Waals surface area contributed by atoms with Crippen LogP contribution in [0.15, 0.2) is 78.3 Å². The molecule has 146 valence electrons. The molecular formula is C22H20N4O2S. The number of benzene rings is 2. The van der Waals surface area contributed by atoms with E-state index < -0.39 is 0 Å². The molecule has 0 N–H and O–H groups in total. The summed E-state index contributed by atoms with van der Waals surface area (Å²) < 4.78 is 5.46. The van der Waals surface area contributed by atoms with Crippen molar-refractivity contribution < 1.29 is 9.53 Å². The Morgan fingerprint density at radius 3 is 2.59 bits per heavy atom. The summed E-state index contributed by atoms with van der Waals surface area (Å²) in [4.78, 5) is 17.6.